The van der Waals surface area contributed by atoms with Crippen LogP contribution >= 0.6 is 23.5 Å². The number of amides is 2. The lowest BCUT2D eigenvalue weighted by molar-refractivity contribution is -0.123. The van der Waals surface area contributed by atoms with Crippen LogP contribution in [0, 0.1) is 12.7 Å². The highest BCUT2D eigenvalue weighted by Gasteiger charge is 2.39. The third-order valence-electron chi connectivity index (χ3n) is 7.38. The van der Waals surface area contributed by atoms with Crippen LogP contribution in [-0.2, 0) is 22.5 Å². The van der Waals surface area contributed by atoms with E-state index in [0.717, 1.165) is 17.5 Å². The number of aromatic nitrogens is 1. The number of carbonyl (C=O) groups excluding carboxylic acids is 2. The number of nitrogens with zero attached hydrogens (tertiary/aromatic N) is 2. The number of pyridine rings is 1. The van der Waals surface area contributed by atoms with E-state index in [0.29, 0.717) is 22.6 Å². The highest BCUT2D eigenvalue weighted by molar-refractivity contribution is 7.97. The Bertz CT molecular complexity index is 1810. The molecule has 0 bridgehead atoms. The predicted molar refractivity (Wildman–Crippen MR) is 161 cm³/mol. The predicted octanol–water partition coefficient (Wildman–Crippen LogP) is 7.94. The van der Waals surface area contributed by atoms with Crippen LogP contribution in [0.15, 0.2) is 54.7 Å². The zero-order chi connectivity index (χ0) is 32.6. The minimum absolute atomic E-state index is 0.0510. The van der Waals surface area contributed by atoms with Crippen LogP contribution in [0.25, 0.3) is 10.9 Å². The summed E-state index contributed by atoms with van der Waals surface area (Å²) >= 11 is 7.30. The number of halogens is 6. The molecule has 0 radical (unpaired) electrons. The highest BCUT2D eigenvalue weighted by Crippen LogP contribution is 2.46. The van der Waals surface area contributed by atoms with Crippen molar-refractivity contribution in [1.29, 1.82) is 0 Å². The Morgan fingerprint density at radius 1 is 1.09 bits per heavy atom. The van der Waals surface area contributed by atoms with E-state index < -0.39 is 41.9 Å². The molecule has 0 unspecified atom stereocenters. The van der Waals surface area contributed by atoms with E-state index in [9.17, 15) is 31.5 Å². The van der Waals surface area contributed by atoms with Crippen molar-refractivity contribution in [2.24, 2.45) is 0 Å². The molecule has 0 saturated carbocycles. The first kappa shape index (κ1) is 32.3. The average Bonchev–Trinajstić information content (AvgIpc) is 3.32. The minimum atomic E-state index is -3.29. The molecule has 0 atom stereocenters. The Morgan fingerprint density at radius 3 is 2.49 bits per heavy atom. The summed E-state index contributed by atoms with van der Waals surface area (Å²) in [5.41, 5.74) is 0.492. The number of ether oxygens (including phenoxy) is 2. The molecule has 1 aliphatic heterocycles. The number of aryl methyl sites for hydroxylation is 1. The molecule has 0 spiro atoms. The van der Waals surface area contributed by atoms with Crippen molar-refractivity contribution in [3.63, 3.8) is 0 Å². The second-order valence-electron chi connectivity index (χ2n) is 10.6. The van der Waals surface area contributed by atoms with Crippen LogP contribution in [0.4, 0.5) is 27.6 Å². The van der Waals surface area contributed by atoms with Crippen LogP contribution in [-0.4, -0.2) is 30.0 Å². The summed E-state index contributed by atoms with van der Waals surface area (Å²) in [6, 6.07) is 11.7. The van der Waals surface area contributed by atoms with Gasteiger partial charge in [0.25, 0.3) is 5.91 Å². The van der Waals surface area contributed by atoms with Crippen LogP contribution < -0.4 is 19.1 Å². The molecule has 45 heavy (non-hydrogen) atoms. The second kappa shape index (κ2) is 12.7. The fraction of sp³-hybridized carbons (Fsp3) is 0.258. The van der Waals surface area contributed by atoms with Gasteiger partial charge in [-0.1, -0.05) is 23.7 Å². The van der Waals surface area contributed by atoms with E-state index in [4.69, 9.17) is 21.1 Å². The minimum Gasteiger partial charge on any atom is -0.433 e. The monoisotopic (exact) mass is 665 g/mol. The standard InChI is InChI=1S/C31H25ClF5N3O4S/c1-15-11-16(14-45-39-28(42)31(2,3)20-12-17(33)7-8-21(20)32)6-9-22(15)40-13-19-23(27(40)41)25(43-29(34)35)18-5-4-10-38-24(18)26(19)44-30(36)37/h4-12,29-30H,13-14H2,1-3H3,(H,39,42). The van der Waals surface area contributed by atoms with Gasteiger partial charge in [0.1, 0.15) is 17.1 Å². The van der Waals surface area contributed by atoms with Gasteiger partial charge >= 0.3 is 13.2 Å². The van der Waals surface area contributed by atoms with Gasteiger partial charge in [-0.2, -0.15) is 17.6 Å². The maximum Gasteiger partial charge on any atom is 0.387 e. The van der Waals surface area contributed by atoms with Gasteiger partial charge in [-0.25, -0.2) is 4.39 Å². The van der Waals surface area contributed by atoms with Crippen molar-refractivity contribution in [3.8, 4) is 11.5 Å². The fourth-order valence-corrected chi connectivity index (χ4v) is 6.34. The molecule has 236 valence electrons. The SMILES string of the molecule is Cc1cc(CSNC(=O)C(C)(C)c2cc(F)ccc2Cl)ccc1N1Cc2c(c(OC(F)F)c3cccnc3c2OC(F)F)C1=O. The summed E-state index contributed by atoms with van der Waals surface area (Å²) in [5.74, 6) is -2.18. The average molecular weight is 666 g/mol. The summed E-state index contributed by atoms with van der Waals surface area (Å²) < 4.78 is 79.8. The first-order valence-electron chi connectivity index (χ1n) is 13.4. The molecule has 1 N–H and O–H groups in total. The number of rotatable bonds is 10. The topological polar surface area (TPSA) is 80.8 Å². The number of fused-ring (bicyclic) bond motifs is 2. The molecule has 3 aromatic carbocycles. The van der Waals surface area contributed by atoms with Crippen molar-refractivity contribution < 1.29 is 41.0 Å². The van der Waals surface area contributed by atoms with Crippen molar-refractivity contribution >= 4 is 52.0 Å². The third kappa shape index (κ3) is 6.36. The Balaban J connectivity index is 1.38. The van der Waals surface area contributed by atoms with Gasteiger partial charge < -0.3 is 14.4 Å². The van der Waals surface area contributed by atoms with E-state index in [1.54, 1.807) is 39.0 Å². The summed E-state index contributed by atoms with van der Waals surface area (Å²) in [6.45, 7) is -1.84. The second-order valence-corrected chi connectivity index (χ2v) is 11.8. The van der Waals surface area contributed by atoms with E-state index in [2.05, 4.69) is 9.71 Å². The van der Waals surface area contributed by atoms with E-state index in [-0.39, 0.29) is 39.5 Å². The van der Waals surface area contributed by atoms with Gasteiger partial charge in [0.15, 0.2) is 5.75 Å². The van der Waals surface area contributed by atoms with Gasteiger partial charge in [0, 0.05) is 33.6 Å². The number of carbonyl (C=O) groups is 2. The number of hydrogen-bond donors (Lipinski definition) is 1. The summed E-state index contributed by atoms with van der Waals surface area (Å²) in [6.07, 6.45) is 1.29. The van der Waals surface area contributed by atoms with Crippen molar-refractivity contribution in [2.45, 2.75) is 51.7 Å². The number of hydrogen-bond acceptors (Lipinski definition) is 6. The van der Waals surface area contributed by atoms with E-state index in [1.807, 2.05) is 0 Å². The van der Waals surface area contributed by atoms with Crippen LogP contribution in [0.1, 0.15) is 46.5 Å². The molecule has 2 heterocycles. The molecule has 1 aromatic heterocycles. The van der Waals surface area contributed by atoms with Crippen molar-refractivity contribution in [3.05, 3.63) is 93.4 Å². The molecule has 1 aliphatic rings. The first-order valence-corrected chi connectivity index (χ1v) is 14.8. The Kier molecular flexibility index (Phi) is 9.13. The molecule has 14 heteroatoms. The lowest BCUT2D eigenvalue weighted by Crippen LogP contribution is -2.37. The van der Waals surface area contributed by atoms with Crippen LogP contribution in [0.2, 0.25) is 5.02 Å². The summed E-state index contributed by atoms with van der Waals surface area (Å²) in [7, 11) is 0. The molecule has 7 nitrogen and oxygen atoms in total. The molecule has 0 saturated heterocycles. The Labute approximate surface area is 263 Å². The number of alkyl halides is 4. The van der Waals surface area contributed by atoms with Gasteiger partial charge in [-0.05, 0) is 85.8 Å². The summed E-state index contributed by atoms with van der Waals surface area (Å²) in [5, 5.41) is 0.188. The quantitative estimate of drug-likeness (QED) is 0.137. The highest BCUT2D eigenvalue weighted by atomic mass is 35.5. The van der Waals surface area contributed by atoms with E-state index >= 15 is 0 Å². The smallest absolute Gasteiger partial charge is 0.387 e. The lowest BCUT2D eigenvalue weighted by Gasteiger charge is -2.25. The normalized spacial score (nSPS) is 13.1. The molecule has 0 aliphatic carbocycles. The van der Waals surface area contributed by atoms with Gasteiger partial charge in [-0.3, -0.25) is 19.3 Å². The van der Waals surface area contributed by atoms with Crippen molar-refractivity contribution in [2.75, 3.05) is 4.90 Å². The van der Waals surface area contributed by atoms with Crippen molar-refractivity contribution in [1.82, 2.24) is 9.71 Å². The summed E-state index contributed by atoms with van der Waals surface area (Å²) in [4.78, 5) is 31.9. The third-order valence-corrected chi connectivity index (χ3v) is 8.52. The molecule has 0 fully saturated rings. The van der Waals surface area contributed by atoms with Crippen LogP contribution in [0.5, 0.6) is 11.5 Å². The number of nitrogens with one attached hydrogen (secondary N) is 1. The zero-order valence-corrected chi connectivity index (χ0v) is 25.5. The Hall–Kier alpha value is -4.10. The van der Waals surface area contributed by atoms with Crippen LogP contribution in [0.3, 0.4) is 0 Å². The largest absolute Gasteiger partial charge is 0.433 e. The lowest BCUT2D eigenvalue weighted by atomic mass is 9.84. The molecule has 4 aromatic rings. The van der Waals surface area contributed by atoms with Gasteiger partial charge in [0.2, 0.25) is 5.91 Å². The molecular formula is C31H25ClF5N3O4S. The van der Waals surface area contributed by atoms with E-state index in [1.165, 1.54) is 41.4 Å². The maximum absolute atomic E-state index is 13.8. The van der Waals surface area contributed by atoms with Gasteiger partial charge in [0.05, 0.1) is 17.5 Å². The number of benzene rings is 3. The maximum atomic E-state index is 13.8. The Morgan fingerprint density at radius 2 is 1.80 bits per heavy atom. The zero-order valence-electron chi connectivity index (χ0n) is 24.0. The fourth-order valence-electron chi connectivity index (χ4n) is 5.18. The molecule has 5 rings (SSSR count). The first-order chi connectivity index (χ1) is 21.3. The molecule has 2 amide bonds. The number of anilines is 1. The molecular weight excluding hydrogens is 641 g/mol. The van der Waals surface area contributed by atoms with Gasteiger partial charge in [-0.15, -0.1) is 0 Å².